The van der Waals surface area contributed by atoms with Crippen LogP contribution in [0.5, 0.6) is 5.75 Å². The van der Waals surface area contributed by atoms with Gasteiger partial charge in [0.25, 0.3) is 0 Å². The van der Waals surface area contributed by atoms with Crippen LogP contribution < -0.4 is 15.4 Å². The van der Waals surface area contributed by atoms with Gasteiger partial charge in [-0.15, -0.1) is 0 Å². The number of nitrogen functional groups attached to an aromatic ring is 1. The smallest absolute Gasteiger partial charge is 0.190 e. The summed E-state index contributed by atoms with van der Waals surface area (Å²) in [7, 11) is 3.60. The van der Waals surface area contributed by atoms with Crippen molar-refractivity contribution in [2.24, 2.45) is 11.8 Å². The fraction of sp³-hybridized carbons (Fsp3) is 0.571. The fourth-order valence-electron chi connectivity index (χ4n) is 3.44. The normalized spacial score (nSPS) is 26.8. The number of likely N-dealkylation sites (tertiary alicyclic amines) is 1. The molecule has 0 spiro atoms. The molecule has 0 aromatic heterocycles. The number of rotatable bonds is 2. The van der Waals surface area contributed by atoms with Crippen molar-refractivity contribution < 1.29 is 9.13 Å². The molecule has 2 atom stereocenters. The predicted octanol–water partition coefficient (Wildman–Crippen LogP) is 1.41. The number of benzene rings is 1. The second-order valence-electron chi connectivity index (χ2n) is 5.67. The van der Waals surface area contributed by atoms with E-state index in [1.807, 2.05) is 0 Å². The van der Waals surface area contributed by atoms with Crippen LogP contribution in [-0.2, 0) is 0 Å². The largest absolute Gasteiger partial charge is 0.492 e. The van der Waals surface area contributed by atoms with Gasteiger partial charge in [0.2, 0.25) is 0 Å². The standard InChI is InChI=1S/C14H20FN3O/c1-17-5-9-7-18(8-10(9)6-17)12-4-3-11(16)14(19-2)13(12)15/h3-4,9-10H,5-8,16H2,1-2H3/t9-,10+. The van der Waals surface area contributed by atoms with Gasteiger partial charge in [-0.2, -0.15) is 0 Å². The molecule has 2 heterocycles. The Bertz CT molecular complexity index is 480. The van der Waals surface area contributed by atoms with Crippen molar-refractivity contribution in [2.75, 3.05) is 51.0 Å². The Morgan fingerprint density at radius 2 is 1.84 bits per heavy atom. The summed E-state index contributed by atoms with van der Waals surface area (Å²) in [6.45, 7) is 4.04. The van der Waals surface area contributed by atoms with Crippen LogP contribution in [-0.4, -0.2) is 45.2 Å². The van der Waals surface area contributed by atoms with Crippen LogP contribution >= 0.6 is 0 Å². The zero-order valence-electron chi connectivity index (χ0n) is 11.4. The van der Waals surface area contributed by atoms with Gasteiger partial charge in [0.05, 0.1) is 18.5 Å². The molecule has 3 rings (SSSR count). The second-order valence-corrected chi connectivity index (χ2v) is 5.67. The lowest BCUT2D eigenvalue weighted by Gasteiger charge is -2.23. The van der Waals surface area contributed by atoms with Gasteiger partial charge < -0.3 is 20.3 Å². The van der Waals surface area contributed by atoms with Crippen LogP contribution in [0.1, 0.15) is 0 Å². The van der Waals surface area contributed by atoms with Crippen molar-refractivity contribution in [1.29, 1.82) is 0 Å². The minimum atomic E-state index is -0.337. The van der Waals surface area contributed by atoms with Gasteiger partial charge in [-0.25, -0.2) is 4.39 Å². The van der Waals surface area contributed by atoms with Gasteiger partial charge in [0, 0.05) is 26.2 Å². The highest BCUT2D eigenvalue weighted by molar-refractivity contribution is 5.64. The number of anilines is 2. The second kappa shape index (κ2) is 4.56. The molecule has 0 bridgehead atoms. The summed E-state index contributed by atoms with van der Waals surface area (Å²) in [5.41, 5.74) is 6.68. The first-order valence-electron chi connectivity index (χ1n) is 6.65. The van der Waals surface area contributed by atoms with Crippen LogP contribution in [0.2, 0.25) is 0 Å². The number of hydrogen-bond donors (Lipinski definition) is 1. The lowest BCUT2D eigenvalue weighted by Crippen LogP contribution is -2.27. The van der Waals surface area contributed by atoms with Gasteiger partial charge in [0.15, 0.2) is 11.6 Å². The Balaban J connectivity index is 1.85. The van der Waals surface area contributed by atoms with Gasteiger partial charge in [-0.3, -0.25) is 0 Å². The molecule has 2 aliphatic heterocycles. The highest BCUT2D eigenvalue weighted by atomic mass is 19.1. The van der Waals surface area contributed by atoms with E-state index in [0.29, 0.717) is 23.2 Å². The van der Waals surface area contributed by atoms with Crippen LogP contribution in [0.3, 0.4) is 0 Å². The van der Waals surface area contributed by atoms with E-state index in [1.54, 1.807) is 12.1 Å². The van der Waals surface area contributed by atoms with Crippen LogP contribution in [0.4, 0.5) is 15.8 Å². The summed E-state index contributed by atoms with van der Waals surface area (Å²) in [6.07, 6.45) is 0. The Kier molecular flexibility index (Phi) is 3.01. The lowest BCUT2D eigenvalue weighted by molar-refractivity contribution is 0.383. The van der Waals surface area contributed by atoms with Crippen LogP contribution in [0.15, 0.2) is 12.1 Å². The average Bonchev–Trinajstić information content (AvgIpc) is 2.86. The van der Waals surface area contributed by atoms with Crippen LogP contribution in [0.25, 0.3) is 0 Å². The number of nitrogens with zero attached hydrogens (tertiary/aromatic N) is 2. The van der Waals surface area contributed by atoms with E-state index < -0.39 is 0 Å². The molecule has 0 aliphatic carbocycles. The van der Waals surface area contributed by atoms with Gasteiger partial charge >= 0.3 is 0 Å². The molecule has 2 N–H and O–H groups in total. The SMILES string of the molecule is COc1c(N)ccc(N2C[C@H]3CN(C)C[C@H]3C2)c1F. The summed E-state index contributed by atoms with van der Waals surface area (Å²) in [6, 6.07) is 3.48. The molecular weight excluding hydrogens is 245 g/mol. The summed E-state index contributed by atoms with van der Waals surface area (Å²) >= 11 is 0. The van der Waals surface area contributed by atoms with E-state index >= 15 is 0 Å². The first kappa shape index (κ1) is 12.5. The number of halogens is 1. The van der Waals surface area contributed by atoms with Gasteiger partial charge in [-0.1, -0.05) is 0 Å². The third-order valence-corrected chi connectivity index (χ3v) is 4.32. The minimum Gasteiger partial charge on any atom is -0.492 e. The van der Waals surface area contributed by atoms with E-state index in [4.69, 9.17) is 10.5 Å². The van der Waals surface area contributed by atoms with Crippen molar-refractivity contribution in [3.8, 4) is 5.75 Å². The maximum absolute atomic E-state index is 14.4. The Labute approximate surface area is 112 Å². The highest BCUT2D eigenvalue weighted by Crippen LogP contribution is 2.38. The molecule has 2 aliphatic rings. The van der Waals surface area contributed by atoms with Crippen molar-refractivity contribution in [3.63, 3.8) is 0 Å². The first-order chi connectivity index (χ1) is 9.10. The third-order valence-electron chi connectivity index (χ3n) is 4.32. The summed E-state index contributed by atoms with van der Waals surface area (Å²) in [5, 5.41) is 0. The average molecular weight is 265 g/mol. The summed E-state index contributed by atoms with van der Waals surface area (Å²) in [5.74, 6) is 1.11. The predicted molar refractivity (Wildman–Crippen MR) is 74.1 cm³/mol. The summed E-state index contributed by atoms with van der Waals surface area (Å²) < 4.78 is 19.4. The molecule has 0 amide bonds. The highest BCUT2D eigenvalue weighted by Gasteiger charge is 2.39. The number of fused-ring (bicyclic) bond motifs is 1. The summed E-state index contributed by atoms with van der Waals surface area (Å²) in [4.78, 5) is 4.48. The molecule has 1 aromatic rings. The molecule has 5 heteroatoms. The fourth-order valence-corrected chi connectivity index (χ4v) is 3.44. The van der Waals surface area contributed by atoms with E-state index in [9.17, 15) is 4.39 Å². The minimum absolute atomic E-state index is 0.159. The van der Waals surface area contributed by atoms with Crippen molar-refractivity contribution >= 4 is 11.4 Å². The number of ether oxygens (including phenoxy) is 1. The lowest BCUT2D eigenvalue weighted by atomic mass is 10.0. The molecule has 4 nitrogen and oxygen atoms in total. The van der Waals surface area contributed by atoms with Gasteiger partial charge in [0.1, 0.15) is 0 Å². The molecule has 19 heavy (non-hydrogen) atoms. The topological polar surface area (TPSA) is 41.7 Å². The number of hydrogen-bond acceptors (Lipinski definition) is 4. The quantitative estimate of drug-likeness (QED) is 0.821. The zero-order valence-corrected chi connectivity index (χ0v) is 11.4. The zero-order chi connectivity index (χ0) is 13.6. The van der Waals surface area contributed by atoms with Crippen molar-refractivity contribution in [3.05, 3.63) is 17.9 Å². The molecule has 0 unspecified atom stereocenters. The molecule has 2 fully saturated rings. The van der Waals surface area contributed by atoms with E-state index in [-0.39, 0.29) is 11.6 Å². The van der Waals surface area contributed by atoms with Crippen molar-refractivity contribution in [1.82, 2.24) is 4.90 Å². The molecule has 0 saturated carbocycles. The Morgan fingerprint density at radius 1 is 1.21 bits per heavy atom. The maximum Gasteiger partial charge on any atom is 0.190 e. The van der Waals surface area contributed by atoms with E-state index in [1.165, 1.54) is 7.11 Å². The molecule has 1 aromatic carbocycles. The number of nitrogens with two attached hydrogens (primary N) is 1. The Morgan fingerprint density at radius 3 is 2.42 bits per heavy atom. The molecule has 0 radical (unpaired) electrons. The van der Waals surface area contributed by atoms with Crippen LogP contribution in [0, 0.1) is 17.7 Å². The monoisotopic (exact) mass is 265 g/mol. The van der Waals surface area contributed by atoms with Crippen molar-refractivity contribution in [2.45, 2.75) is 0 Å². The third kappa shape index (κ3) is 2.02. The molecule has 104 valence electrons. The molecular formula is C14H20FN3O. The van der Waals surface area contributed by atoms with E-state index in [2.05, 4.69) is 16.8 Å². The first-order valence-corrected chi connectivity index (χ1v) is 6.65. The molecule has 2 saturated heterocycles. The van der Waals surface area contributed by atoms with Gasteiger partial charge in [-0.05, 0) is 31.0 Å². The Hall–Kier alpha value is -1.49. The maximum atomic E-state index is 14.4. The van der Waals surface area contributed by atoms with E-state index in [0.717, 1.165) is 26.2 Å². The number of methoxy groups -OCH3 is 1.